The fraction of sp³-hybridized carbons (Fsp3) is 0.241. The molecule has 5 rings (SSSR count). The SMILES string of the molecule is CCN(c1ccccc1)c1ncnc(N2CCN(C(c3ccccc3)c3ccccc3)CC2)c1N. The standard InChI is InChI=1S/C29H32N6/c1-2-35(25-16-10-5-11-17-25)29-26(30)28(31-22-32-29)34-20-18-33(19-21-34)27(23-12-6-3-7-13-23)24-14-8-4-9-15-24/h3-17,22,27H,2,18-21,30H2,1H3. The van der Waals surface area contributed by atoms with E-state index in [4.69, 9.17) is 5.73 Å². The van der Waals surface area contributed by atoms with E-state index in [1.165, 1.54) is 11.1 Å². The molecule has 2 heterocycles. The highest BCUT2D eigenvalue weighted by atomic mass is 15.3. The van der Waals surface area contributed by atoms with Gasteiger partial charge in [-0.25, -0.2) is 9.97 Å². The molecular formula is C29H32N6. The molecule has 1 aromatic heterocycles. The van der Waals surface area contributed by atoms with Crippen molar-refractivity contribution in [2.45, 2.75) is 13.0 Å². The number of rotatable bonds is 7. The van der Waals surface area contributed by atoms with E-state index in [-0.39, 0.29) is 6.04 Å². The quantitative estimate of drug-likeness (QED) is 0.409. The number of piperazine rings is 1. The Morgan fingerprint density at radius 3 is 1.86 bits per heavy atom. The molecule has 0 amide bonds. The number of para-hydroxylation sites is 1. The smallest absolute Gasteiger partial charge is 0.161 e. The summed E-state index contributed by atoms with van der Waals surface area (Å²) in [5, 5.41) is 0. The molecule has 178 valence electrons. The van der Waals surface area contributed by atoms with Crippen molar-refractivity contribution in [2.24, 2.45) is 0 Å². The number of anilines is 4. The Hall–Kier alpha value is -3.90. The van der Waals surface area contributed by atoms with E-state index in [9.17, 15) is 0 Å². The Morgan fingerprint density at radius 2 is 1.31 bits per heavy atom. The number of nitrogens with zero attached hydrogens (tertiary/aromatic N) is 5. The average Bonchev–Trinajstić information content (AvgIpc) is 2.93. The Balaban J connectivity index is 1.37. The van der Waals surface area contributed by atoms with Crippen LogP contribution in [0.1, 0.15) is 24.1 Å². The zero-order valence-electron chi connectivity index (χ0n) is 20.2. The van der Waals surface area contributed by atoms with Crippen LogP contribution in [0.3, 0.4) is 0 Å². The lowest BCUT2D eigenvalue weighted by atomic mass is 9.96. The van der Waals surface area contributed by atoms with Gasteiger partial charge in [-0.15, -0.1) is 0 Å². The van der Waals surface area contributed by atoms with Crippen LogP contribution >= 0.6 is 0 Å². The van der Waals surface area contributed by atoms with Crippen molar-refractivity contribution >= 4 is 23.0 Å². The normalized spacial score (nSPS) is 14.3. The molecule has 1 aliphatic heterocycles. The van der Waals surface area contributed by atoms with Gasteiger partial charge < -0.3 is 15.5 Å². The number of hydrogen-bond acceptors (Lipinski definition) is 6. The predicted molar refractivity (Wildman–Crippen MR) is 144 cm³/mol. The molecule has 0 aliphatic carbocycles. The van der Waals surface area contributed by atoms with Gasteiger partial charge >= 0.3 is 0 Å². The third-order valence-corrected chi connectivity index (χ3v) is 6.69. The third-order valence-electron chi connectivity index (χ3n) is 6.69. The second-order valence-electron chi connectivity index (χ2n) is 8.76. The van der Waals surface area contributed by atoms with Gasteiger partial charge in [-0.05, 0) is 30.2 Å². The molecule has 0 atom stereocenters. The molecule has 0 saturated carbocycles. The van der Waals surface area contributed by atoms with E-state index >= 15 is 0 Å². The largest absolute Gasteiger partial charge is 0.393 e. The van der Waals surface area contributed by atoms with E-state index < -0.39 is 0 Å². The van der Waals surface area contributed by atoms with E-state index in [1.54, 1.807) is 6.33 Å². The summed E-state index contributed by atoms with van der Waals surface area (Å²) in [5.74, 6) is 1.58. The first kappa shape index (κ1) is 22.9. The van der Waals surface area contributed by atoms with Gasteiger partial charge in [-0.1, -0.05) is 78.9 Å². The van der Waals surface area contributed by atoms with E-state index in [1.807, 2.05) is 18.2 Å². The molecule has 3 aromatic carbocycles. The van der Waals surface area contributed by atoms with Crippen molar-refractivity contribution in [3.63, 3.8) is 0 Å². The van der Waals surface area contributed by atoms with Gasteiger partial charge in [-0.2, -0.15) is 0 Å². The maximum absolute atomic E-state index is 6.68. The number of nitrogens with two attached hydrogens (primary N) is 1. The van der Waals surface area contributed by atoms with Gasteiger partial charge in [-0.3, -0.25) is 4.90 Å². The van der Waals surface area contributed by atoms with Crippen LogP contribution in [0.25, 0.3) is 0 Å². The summed E-state index contributed by atoms with van der Waals surface area (Å²) in [5.41, 5.74) is 11.0. The molecule has 6 heteroatoms. The number of nitrogen functional groups attached to an aromatic ring is 1. The second kappa shape index (κ2) is 10.6. The van der Waals surface area contributed by atoms with Gasteiger partial charge in [0.1, 0.15) is 12.0 Å². The Labute approximate surface area is 207 Å². The Bertz CT molecular complexity index is 1170. The maximum Gasteiger partial charge on any atom is 0.161 e. The van der Waals surface area contributed by atoms with Crippen LogP contribution < -0.4 is 15.5 Å². The Kier molecular flexibility index (Phi) is 6.91. The minimum absolute atomic E-state index is 0.228. The first-order valence-electron chi connectivity index (χ1n) is 12.3. The molecule has 4 aromatic rings. The zero-order valence-corrected chi connectivity index (χ0v) is 20.2. The van der Waals surface area contributed by atoms with Gasteiger partial charge in [0.05, 0.1) is 6.04 Å². The van der Waals surface area contributed by atoms with E-state index in [2.05, 4.69) is 104 Å². The lowest BCUT2D eigenvalue weighted by Crippen LogP contribution is -2.48. The maximum atomic E-state index is 6.68. The van der Waals surface area contributed by atoms with Crippen LogP contribution in [-0.2, 0) is 0 Å². The number of aromatic nitrogens is 2. The molecule has 0 radical (unpaired) electrons. The predicted octanol–water partition coefficient (Wildman–Crippen LogP) is 5.13. The lowest BCUT2D eigenvalue weighted by molar-refractivity contribution is 0.212. The molecule has 0 spiro atoms. The summed E-state index contributed by atoms with van der Waals surface area (Å²) in [4.78, 5) is 16.1. The van der Waals surface area contributed by atoms with Crippen LogP contribution in [-0.4, -0.2) is 47.6 Å². The molecule has 6 nitrogen and oxygen atoms in total. The molecule has 1 aliphatic rings. The van der Waals surface area contributed by atoms with Crippen LogP contribution in [0.15, 0.2) is 97.3 Å². The second-order valence-corrected chi connectivity index (χ2v) is 8.76. The minimum Gasteiger partial charge on any atom is -0.393 e. The third kappa shape index (κ3) is 4.84. The Morgan fingerprint density at radius 1 is 0.771 bits per heavy atom. The topological polar surface area (TPSA) is 61.5 Å². The van der Waals surface area contributed by atoms with Gasteiger partial charge in [0.2, 0.25) is 0 Å². The monoisotopic (exact) mass is 464 g/mol. The molecule has 35 heavy (non-hydrogen) atoms. The summed E-state index contributed by atoms with van der Waals surface area (Å²) in [7, 11) is 0. The molecule has 1 fully saturated rings. The first-order chi connectivity index (χ1) is 17.3. The summed E-state index contributed by atoms with van der Waals surface area (Å²) < 4.78 is 0. The summed E-state index contributed by atoms with van der Waals surface area (Å²) in [6, 6.07) is 32.0. The molecular weight excluding hydrogens is 432 g/mol. The highest BCUT2D eigenvalue weighted by molar-refractivity contribution is 5.79. The number of hydrogen-bond donors (Lipinski definition) is 1. The van der Waals surface area contributed by atoms with Gasteiger partial charge in [0.25, 0.3) is 0 Å². The van der Waals surface area contributed by atoms with Gasteiger partial charge in [0, 0.05) is 38.4 Å². The summed E-state index contributed by atoms with van der Waals surface area (Å²) in [6.45, 7) is 6.43. The fourth-order valence-electron chi connectivity index (χ4n) is 4.98. The highest BCUT2D eigenvalue weighted by Gasteiger charge is 2.28. The van der Waals surface area contributed by atoms with Crippen LogP contribution in [0.2, 0.25) is 0 Å². The van der Waals surface area contributed by atoms with Crippen LogP contribution in [0.4, 0.5) is 23.0 Å². The summed E-state index contributed by atoms with van der Waals surface area (Å²) >= 11 is 0. The molecule has 0 bridgehead atoms. The first-order valence-corrected chi connectivity index (χ1v) is 12.3. The zero-order chi connectivity index (χ0) is 24.0. The van der Waals surface area contributed by atoms with Crippen molar-refractivity contribution in [2.75, 3.05) is 48.3 Å². The van der Waals surface area contributed by atoms with E-state index in [0.717, 1.165) is 50.0 Å². The van der Waals surface area contributed by atoms with Crippen molar-refractivity contribution in [1.29, 1.82) is 0 Å². The molecule has 1 saturated heterocycles. The lowest BCUT2D eigenvalue weighted by Gasteiger charge is -2.40. The molecule has 0 unspecified atom stereocenters. The van der Waals surface area contributed by atoms with Crippen molar-refractivity contribution < 1.29 is 0 Å². The van der Waals surface area contributed by atoms with Gasteiger partial charge in [0.15, 0.2) is 11.6 Å². The number of benzene rings is 3. The van der Waals surface area contributed by atoms with Crippen LogP contribution in [0.5, 0.6) is 0 Å². The van der Waals surface area contributed by atoms with Crippen LogP contribution in [0, 0.1) is 0 Å². The van der Waals surface area contributed by atoms with Crippen molar-refractivity contribution in [1.82, 2.24) is 14.9 Å². The van der Waals surface area contributed by atoms with Crippen molar-refractivity contribution in [3.05, 3.63) is 108 Å². The average molecular weight is 465 g/mol. The van der Waals surface area contributed by atoms with Crippen molar-refractivity contribution in [3.8, 4) is 0 Å². The van der Waals surface area contributed by atoms with E-state index in [0.29, 0.717) is 5.69 Å². The molecule has 2 N–H and O–H groups in total. The highest BCUT2D eigenvalue weighted by Crippen LogP contribution is 2.35. The summed E-state index contributed by atoms with van der Waals surface area (Å²) in [6.07, 6.45) is 1.63. The minimum atomic E-state index is 0.228. The fourth-order valence-corrected chi connectivity index (χ4v) is 4.98.